The van der Waals surface area contributed by atoms with Crippen molar-refractivity contribution in [3.8, 4) is 11.1 Å². The van der Waals surface area contributed by atoms with Crippen LogP contribution in [0.15, 0.2) is 60.7 Å². The highest BCUT2D eigenvalue weighted by atomic mass is 31.2. The average molecular weight is 280 g/mol. The van der Waals surface area contributed by atoms with E-state index in [9.17, 15) is 4.57 Å². The second-order valence-electron chi connectivity index (χ2n) is 3.64. The normalized spacial score (nSPS) is 10.5. The summed E-state index contributed by atoms with van der Waals surface area (Å²) in [5.74, 6) is 0. The summed E-state index contributed by atoms with van der Waals surface area (Å²) in [6.45, 7) is 1.56. The summed E-state index contributed by atoms with van der Waals surface area (Å²) in [6, 6.07) is 20.8. The molecule has 19 heavy (non-hydrogen) atoms. The number of hydrogen-bond acceptors (Lipinski definition) is 2. The van der Waals surface area contributed by atoms with Crippen LogP contribution in [0.5, 0.6) is 0 Å². The zero-order valence-electron chi connectivity index (χ0n) is 10.6. The Morgan fingerprint density at radius 1 is 0.895 bits per heavy atom. The molecular weight excluding hydrogens is 263 g/mol. The van der Waals surface area contributed by atoms with Crippen molar-refractivity contribution in [1.29, 1.82) is 0 Å². The average Bonchev–Trinajstić information content (AvgIpc) is 2.40. The minimum absolute atomic E-state index is 0.0459. The van der Waals surface area contributed by atoms with Crippen LogP contribution < -0.4 is 0 Å². The summed E-state index contributed by atoms with van der Waals surface area (Å²) >= 11 is 0. The van der Waals surface area contributed by atoms with Crippen molar-refractivity contribution < 1.29 is 18.9 Å². The van der Waals surface area contributed by atoms with E-state index in [4.69, 9.17) is 9.79 Å². The van der Waals surface area contributed by atoms with Gasteiger partial charge in [0.25, 0.3) is 0 Å². The van der Waals surface area contributed by atoms with Crippen LogP contribution in [0, 0.1) is 0 Å². The van der Waals surface area contributed by atoms with Gasteiger partial charge in [-0.25, -0.2) is 4.57 Å². The molecule has 2 aromatic carbocycles. The van der Waals surface area contributed by atoms with E-state index in [2.05, 4.69) is 53.1 Å². The van der Waals surface area contributed by atoms with Gasteiger partial charge in [0.2, 0.25) is 0 Å². The largest absolute Gasteiger partial charge is 0.469 e. The topological polar surface area (TPSA) is 66.8 Å². The molecule has 0 unspecified atom stereocenters. The van der Waals surface area contributed by atoms with Gasteiger partial charge in [-0.15, -0.1) is 0 Å². The van der Waals surface area contributed by atoms with Crippen LogP contribution in [0.2, 0.25) is 0 Å². The first-order valence-corrected chi connectivity index (χ1v) is 7.36. The highest BCUT2D eigenvalue weighted by molar-refractivity contribution is 7.46. The molecular formula is C14H17O4P. The maximum Gasteiger partial charge on any atom is 0.469 e. The van der Waals surface area contributed by atoms with E-state index in [0.717, 1.165) is 0 Å². The molecule has 2 rings (SSSR count). The molecule has 0 bridgehead atoms. The summed E-state index contributed by atoms with van der Waals surface area (Å²) in [4.78, 5) is 15.8. The second kappa shape index (κ2) is 7.87. The monoisotopic (exact) mass is 280 g/mol. The third-order valence-electron chi connectivity index (χ3n) is 2.18. The molecule has 0 amide bonds. The Kier molecular flexibility index (Phi) is 6.46. The molecule has 0 atom stereocenters. The van der Waals surface area contributed by atoms with Crippen LogP contribution in [0.25, 0.3) is 11.1 Å². The fourth-order valence-electron chi connectivity index (χ4n) is 1.43. The molecule has 2 aromatic rings. The Morgan fingerprint density at radius 2 is 1.26 bits per heavy atom. The van der Waals surface area contributed by atoms with Crippen molar-refractivity contribution in [2.24, 2.45) is 0 Å². The van der Waals surface area contributed by atoms with Crippen LogP contribution in [0.4, 0.5) is 0 Å². The highest BCUT2D eigenvalue weighted by Gasteiger charge is 2.10. The minimum atomic E-state index is -4.17. The number of hydrogen-bond donors (Lipinski definition) is 2. The van der Waals surface area contributed by atoms with Crippen LogP contribution in [0.1, 0.15) is 6.92 Å². The summed E-state index contributed by atoms with van der Waals surface area (Å²) in [7, 11) is -4.17. The van der Waals surface area contributed by atoms with E-state index in [1.165, 1.54) is 18.1 Å². The van der Waals surface area contributed by atoms with E-state index >= 15 is 0 Å². The predicted molar refractivity (Wildman–Crippen MR) is 75.5 cm³/mol. The smallest absolute Gasteiger partial charge is 0.303 e. The van der Waals surface area contributed by atoms with Gasteiger partial charge in [-0.3, -0.25) is 4.52 Å². The molecule has 2 N–H and O–H groups in total. The van der Waals surface area contributed by atoms with Gasteiger partial charge in [0, 0.05) is 0 Å². The van der Waals surface area contributed by atoms with Gasteiger partial charge in [-0.1, -0.05) is 60.7 Å². The van der Waals surface area contributed by atoms with Gasteiger partial charge in [0.05, 0.1) is 6.61 Å². The van der Waals surface area contributed by atoms with Gasteiger partial charge in [-0.2, -0.15) is 0 Å². The first-order chi connectivity index (χ1) is 9.03. The van der Waals surface area contributed by atoms with E-state index in [1.807, 2.05) is 12.1 Å². The molecule has 0 spiro atoms. The molecule has 0 fully saturated rings. The lowest BCUT2D eigenvalue weighted by Crippen LogP contribution is -1.84. The zero-order valence-corrected chi connectivity index (χ0v) is 11.5. The molecule has 0 aliphatic heterocycles. The van der Waals surface area contributed by atoms with Crippen LogP contribution >= 0.6 is 7.82 Å². The van der Waals surface area contributed by atoms with Gasteiger partial charge < -0.3 is 9.79 Å². The van der Waals surface area contributed by atoms with Crippen molar-refractivity contribution in [3.05, 3.63) is 60.7 Å². The van der Waals surface area contributed by atoms with Crippen LogP contribution in [0.3, 0.4) is 0 Å². The Labute approximate surface area is 112 Å². The summed E-state index contributed by atoms with van der Waals surface area (Å²) < 4.78 is 13.6. The standard InChI is InChI=1S/C12H10.C2H7O4P/c1-3-7-11(8-4-1)12-9-5-2-6-10-12;1-2-6-7(3,4)5/h1-10H;2H2,1H3,(H2,3,4,5). The Bertz CT molecular complexity index is 470. The second-order valence-corrected chi connectivity index (χ2v) is 4.88. The number of rotatable bonds is 3. The fraction of sp³-hybridized carbons (Fsp3) is 0.143. The summed E-state index contributed by atoms with van der Waals surface area (Å²) in [6.07, 6.45) is 0. The van der Waals surface area contributed by atoms with E-state index in [1.54, 1.807) is 0 Å². The summed E-state index contributed by atoms with van der Waals surface area (Å²) in [5.41, 5.74) is 2.55. The van der Waals surface area contributed by atoms with E-state index < -0.39 is 7.82 Å². The van der Waals surface area contributed by atoms with Crippen molar-refractivity contribution in [2.45, 2.75) is 6.92 Å². The highest BCUT2D eigenvalue weighted by Crippen LogP contribution is 2.34. The quantitative estimate of drug-likeness (QED) is 0.845. The predicted octanol–water partition coefficient (Wildman–Crippen LogP) is 3.47. The first-order valence-electron chi connectivity index (χ1n) is 5.83. The first kappa shape index (κ1) is 15.6. The van der Waals surface area contributed by atoms with Crippen molar-refractivity contribution in [3.63, 3.8) is 0 Å². The Hall–Kier alpha value is -1.45. The number of benzene rings is 2. The lowest BCUT2D eigenvalue weighted by molar-refractivity contribution is 0.206. The Balaban J connectivity index is 0.000000224. The molecule has 0 saturated heterocycles. The maximum atomic E-state index is 9.70. The number of phosphoric acid groups is 1. The zero-order chi connectivity index (χ0) is 14.1. The molecule has 0 aliphatic rings. The number of phosphoric ester groups is 1. The van der Waals surface area contributed by atoms with Crippen molar-refractivity contribution in [2.75, 3.05) is 6.61 Å². The molecule has 0 radical (unpaired) electrons. The molecule has 4 nitrogen and oxygen atoms in total. The molecule has 5 heteroatoms. The summed E-state index contributed by atoms with van der Waals surface area (Å²) in [5, 5.41) is 0. The maximum absolute atomic E-state index is 9.70. The van der Waals surface area contributed by atoms with Gasteiger partial charge in [0.15, 0.2) is 0 Å². The molecule has 0 saturated carbocycles. The van der Waals surface area contributed by atoms with Crippen LogP contribution in [-0.2, 0) is 9.09 Å². The SMILES string of the molecule is CCOP(=O)(O)O.c1ccc(-c2ccccc2)cc1. The van der Waals surface area contributed by atoms with Gasteiger partial charge in [-0.05, 0) is 18.1 Å². The minimum Gasteiger partial charge on any atom is -0.303 e. The molecule has 0 aromatic heterocycles. The lowest BCUT2D eigenvalue weighted by Gasteiger charge is -1.98. The van der Waals surface area contributed by atoms with Crippen molar-refractivity contribution in [1.82, 2.24) is 0 Å². The third-order valence-corrected chi connectivity index (χ3v) is 2.77. The molecule has 0 heterocycles. The molecule has 102 valence electrons. The van der Waals surface area contributed by atoms with Gasteiger partial charge >= 0.3 is 7.82 Å². The fourth-order valence-corrected chi connectivity index (χ4v) is 1.77. The van der Waals surface area contributed by atoms with Crippen LogP contribution in [-0.4, -0.2) is 16.4 Å². The Morgan fingerprint density at radius 3 is 1.47 bits per heavy atom. The molecule has 0 aliphatic carbocycles. The third kappa shape index (κ3) is 6.89. The van der Waals surface area contributed by atoms with E-state index in [-0.39, 0.29) is 6.61 Å². The van der Waals surface area contributed by atoms with Gasteiger partial charge in [0.1, 0.15) is 0 Å². The lowest BCUT2D eigenvalue weighted by atomic mass is 10.1. The van der Waals surface area contributed by atoms with Crippen molar-refractivity contribution >= 4 is 7.82 Å². The van der Waals surface area contributed by atoms with E-state index in [0.29, 0.717) is 0 Å².